The number of hydrogen-bond donors (Lipinski definition) is 2. The summed E-state index contributed by atoms with van der Waals surface area (Å²) in [5.74, 6) is 1.08. The number of anilines is 1. The van der Waals surface area contributed by atoms with Gasteiger partial charge in [0.1, 0.15) is 11.6 Å². The minimum absolute atomic E-state index is 0.297. The first kappa shape index (κ1) is 12.4. The predicted molar refractivity (Wildman–Crippen MR) is 72.4 cm³/mol. The zero-order valence-corrected chi connectivity index (χ0v) is 10.7. The van der Waals surface area contributed by atoms with Crippen LogP contribution in [0.5, 0.6) is 5.75 Å². The lowest BCUT2D eigenvalue weighted by molar-refractivity contribution is 0.408. The van der Waals surface area contributed by atoms with Crippen molar-refractivity contribution >= 4 is 18.0 Å². The second kappa shape index (κ2) is 5.05. The van der Waals surface area contributed by atoms with Gasteiger partial charge < -0.3 is 15.0 Å². The minimum Gasteiger partial charge on any atom is -0.496 e. The van der Waals surface area contributed by atoms with Gasteiger partial charge in [0.25, 0.3) is 5.56 Å². The number of nitrogens with zero attached hydrogens (tertiary/aromatic N) is 1. The first-order valence-electron chi connectivity index (χ1n) is 5.33. The van der Waals surface area contributed by atoms with E-state index < -0.39 is 0 Å². The Bertz CT molecular complexity index is 676. The molecule has 1 aromatic carbocycles. The number of nitrogens with one attached hydrogen (secondary N) is 1. The third-order valence-electron chi connectivity index (χ3n) is 2.59. The highest BCUT2D eigenvalue weighted by Gasteiger charge is 2.05. The number of H-pyrrole nitrogens is 1. The summed E-state index contributed by atoms with van der Waals surface area (Å²) in [4.78, 5) is 13.7. The first-order valence-corrected chi connectivity index (χ1v) is 5.74. The Morgan fingerprint density at radius 3 is 2.83 bits per heavy atom. The molecule has 0 unspecified atom stereocenters. The maximum Gasteiger partial charge on any atom is 0.253 e. The quantitative estimate of drug-likeness (QED) is 0.824. The van der Waals surface area contributed by atoms with Crippen molar-refractivity contribution in [3.05, 3.63) is 51.0 Å². The highest BCUT2D eigenvalue weighted by Crippen LogP contribution is 2.19. The lowest BCUT2D eigenvalue weighted by Gasteiger charge is -2.12. The number of methoxy groups -OCH3 is 1. The lowest BCUT2D eigenvalue weighted by atomic mass is 10.2. The van der Waals surface area contributed by atoms with E-state index >= 15 is 0 Å². The number of nitrogens with two attached hydrogens (primary N) is 1. The number of aromatic nitrogens is 2. The Labute approximate surface area is 109 Å². The van der Waals surface area contributed by atoms with E-state index in [2.05, 4.69) is 4.98 Å². The van der Waals surface area contributed by atoms with Crippen molar-refractivity contribution in [2.75, 3.05) is 12.8 Å². The van der Waals surface area contributed by atoms with Gasteiger partial charge in [-0.15, -0.1) is 0 Å². The van der Waals surface area contributed by atoms with E-state index in [0.29, 0.717) is 17.1 Å². The number of ether oxygens (including phenoxy) is 1. The SMILES string of the molecule is COc1ccccc1Cn1c(N)cc(=O)[nH]c1=S. The van der Waals surface area contributed by atoms with Gasteiger partial charge in [0.05, 0.1) is 13.7 Å². The summed E-state index contributed by atoms with van der Waals surface area (Å²) in [5.41, 5.74) is 6.44. The number of benzene rings is 1. The van der Waals surface area contributed by atoms with Crippen molar-refractivity contribution in [1.29, 1.82) is 0 Å². The van der Waals surface area contributed by atoms with Gasteiger partial charge in [-0.25, -0.2) is 0 Å². The Kier molecular flexibility index (Phi) is 3.47. The van der Waals surface area contributed by atoms with Crippen molar-refractivity contribution in [2.45, 2.75) is 6.54 Å². The van der Waals surface area contributed by atoms with Crippen LogP contribution in [-0.4, -0.2) is 16.7 Å². The van der Waals surface area contributed by atoms with E-state index in [4.69, 9.17) is 22.7 Å². The molecule has 0 aliphatic rings. The van der Waals surface area contributed by atoms with Crippen molar-refractivity contribution < 1.29 is 4.74 Å². The van der Waals surface area contributed by atoms with Gasteiger partial charge in [0.15, 0.2) is 4.77 Å². The number of para-hydroxylation sites is 1. The molecule has 0 fully saturated rings. The summed E-state index contributed by atoms with van der Waals surface area (Å²) in [5, 5.41) is 0. The Morgan fingerprint density at radius 2 is 2.17 bits per heavy atom. The molecule has 18 heavy (non-hydrogen) atoms. The summed E-state index contributed by atoms with van der Waals surface area (Å²) in [6, 6.07) is 8.89. The minimum atomic E-state index is -0.297. The molecule has 1 heterocycles. The van der Waals surface area contributed by atoms with Crippen LogP contribution in [0.3, 0.4) is 0 Å². The van der Waals surface area contributed by atoms with Crippen LogP contribution >= 0.6 is 12.2 Å². The monoisotopic (exact) mass is 263 g/mol. The molecular weight excluding hydrogens is 250 g/mol. The number of hydrogen-bond acceptors (Lipinski definition) is 4. The Morgan fingerprint density at radius 1 is 1.44 bits per heavy atom. The van der Waals surface area contributed by atoms with Crippen LogP contribution in [0.1, 0.15) is 5.56 Å². The van der Waals surface area contributed by atoms with Crippen LogP contribution in [0.4, 0.5) is 5.82 Å². The van der Waals surface area contributed by atoms with E-state index in [0.717, 1.165) is 11.3 Å². The van der Waals surface area contributed by atoms with Gasteiger partial charge in [-0.05, 0) is 18.3 Å². The fraction of sp³-hybridized carbons (Fsp3) is 0.167. The largest absolute Gasteiger partial charge is 0.496 e. The van der Waals surface area contributed by atoms with Gasteiger partial charge in [0.2, 0.25) is 0 Å². The molecule has 0 radical (unpaired) electrons. The van der Waals surface area contributed by atoms with Gasteiger partial charge in [-0.3, -0.25) is 9.78 Å². The molecule has 0 atom stereocenters. The normalized spacial score (nSPS) is 10.3. The zero-order valence-electron chi connectivity index (χ0n) is 9.84. The van der Waals surface area contributed by atoms with E-state index in [1.807, 2.05) is 24.3 Å². The fourth-order valence-electron chi connectivity index (χ4n) is 1.71. The highest BCUT2D eigenvalue weighted by molar-refractivity contribution is 7.71. The maximum absolute atomic E-state index is 11.2. The second-order valence-corrected chi connectivity index (χ2v) is 4.15. The summed E-state index contributed by atoms with van der Waals surface area (Å²) in [7, 11) is 1.61. The average Bonchev–Trinajstić information content (AvgIpc) is 2.34. The van der Waals surface area contributed by atoms with E-state index in [1.54, 1.807) is 11.7 Å². The standard InChI is InChI=1S/C12H13N3O2S/c1-17-9-5-3-2-4-8(9)7-15-10(13)6-11(16)14-12(15)18/h2-6H,7,13H2,1H3,(H,14,16,18). The number of nitrogen functional groups attached to an aromatic ring is 1. The molecule has 0 aliphatic heterocycles. The highest BCUT2D eigenvalue weighted by atomic mass is 32.1. The summed E-state index contributed by atoms with van der Waals surface area (Å²) in [6.45, 7) is 0.450. The van der Waals surface area contributed by atoms with Crippen molar-refractivity contribution in [3.63, 3.8) is 0 Å². The van der Waals surface area contributed by atoms with Crippen molar-refractivity contribution in [3.8, 4) is 5.75 Å². The molecule has 1 aromatic heterocycles. The maximum atomic E-state index is 11.2. The third kappa shape index (κ3) is 2.43. The number of rotatable bonds is 3. The molecule has 0 aliphatic carbocycles. The fourth-order valence-corrected chi connectivity index (χ4v) is 1.98. The average molecular weight is 263 g/mol. The molecule has 0 saturated carbocycles. The van der Waals surface area contributed by atoms with Gasteiger partial charge in [0, 0.05) is 11.6 Å². The topological polar surface area (TPSA) is 73.0 Å². The number of aromatic amines is 1. The van der Waals surface area contributed by atoms with Crippen LogP contribution in [0.25, 0.3) is 0 Å². The van der Waals surface area contributed by atoms with Crippen molar-refractivity contribution in [2.24, 2.45) is 0 Å². The van der Waals surface area contributed by atoms with Crippen molar-refractivity contribution in [1.82, 2.24) is 9.55 Å². The van der Waals surface area contributed by atoms with Gasteiger partial charge in [-0.2, -0.15) is 0 Å². The molecule has 0 amide bonds. The lowest BCUT2D eigenvalue weighted by Crippen LogP contribution is -2.17. The van der Waals surface area contributed by atoms with Crippen LogP contribution in [-0.2, 0) is 6.54 Å². The third-order valence-corrected chi connectivity index (χ3v) is 2.91. The molecule has 5 nitrogen and oxygen atoms in total. The van der Waals surface area contributed by atoms with Gasteiger partial charge >= 0.3 is 0 Å². The van der Waals surface area contributed by atoms with E-state index in [9.17, 15) is 4.79 Å². The molecule has 0 saturated heterocycles. The van der Waals surface area contributed by atoms with Crippen LogP contribution in [0.15, 0.2) is 35.1 Å². The molecule has 94 valence electrons. The van der Waals surface area contributed by atoms with E-state index in [1.165, 1.54) is 6.07 Å². The summed E-state index contributed by atoms with van der Waals surface area (Å²) >= 11 is 5.09. The van der Waals surface area contributed by atoms with E-state index in [-0.39, 0.29) is 5.56 Å². The van der Waals surface area contributed by atoms with Gasteiger partial charge in [-0.1, -0.05) is 18.2 Å². The van der Waals surface area contributed by atoms with Crippen LogP contribution < -0.4 is 16.0 Å². The smallest absolute Gasteiger partial charge is 0.253 e. The summed E-state index contributed by atoms with van der Waals surface area (Å²) in [6.07, 6.45) is 0. The van der Waals surface area contributed by atoms with Crippen LogP contribution in [0.2, 0.25) is 0 Å². The zero-order chi connectivity index (χ0) is 13.1. The molecule has 2 aromatic rings. The molecule has 3 N–H and O–H groups in total. The molecule has 6 heteroatoms. The Hall–Kier alpha value is -2.08. The molecule has 0 spiro atoms. The Balaban J connectivity index is 2.47. The second-order valence-electron chi connectivity index (χ2n) is 3.76. The first-order chi connectivity index (χ1) is 8.61. The predicted octanol–water partition coefficient (Wildman–Crippen LogP) is 1.54. The summed E-state index contributed by atoms with van der Waals surface area (Å²) < 4.78 is 7.21. The molecule has 0 bridgehead atoms. The van der Waals surface area contributed by atoms with Crippen LogP contribution in [0, 0.1) is 4.77 Å². The molecule has 2 rings (SSSR count). The molecular formula is C12H13N3O2S.